The second-order valence-electron chi connectivity index (χ2n) is 4.10. The first-order chi connectivity index (χ1) is 8.81. The summed E-state index contributed by atoms with van der Waals surface area (Å²) in [7, 11) is 0. The second kappa shape index (κ2) is 6.36. The van der Waals surface area contributed by atoms with Gasteiger partial charge < -0.3 is 5.32 Å². The summed E-state index contributed by atoms with van der Waals surface area (Å²) in [6.45, 7) is 0. The van der Waals surface area contributed by atoms with E-state index in [1.54, 1.807) is 12.4 Å². The van der Waals surface area contributed by atoms with Gasteiger partial charge in [-0.15, -0.1) is 11.6 Å². The van der Waals surface area contributed by atoms with Crippen LogP contribution in [0.2, 0.25) is 0 Å². The van der Waals surface area contributed by atoms with Crippen molar-refractivity contribution in [2.45, 2.75) is 19.3 Å². The molecule has 3 nitrogen and oxygen atoms in total. The number of hydrogen-bond acceptors (Lipinski definition) is 2. The number of anilines is 1. The number of amides is 1. The van der Waals surface area contributed by atoms with Crippen LogP contribution in [-0.4, -0.2) is 16.8 Å². The van der Waals surface area contributed by atoms with E-state index in [2.05, 4.69) is 10.3 Å². The Morgan fingerprint density at radius 1 is 1.28 bits per heavy atom. The summed E-state index contributed by atoms with van der Waals surface area (Å²) in [4.78, 5) is 15.8. The number of pyridine rings is 1. The van der Waals surface area contributed by atoms with Gasteiger partial charge in [0.1, 0.15) is 0 Å². The molecule has 0 radical (unpaired) electrons. The van der Waals surface area contributed by atoms with Crippen LogP contribution in [-0.2, 0) is 4.79 Å². The summed E-state index contributed by atoms with van der Waals surface area (Å²) in [5.41, 5.74) is 0.839. The van der Waals surface area contributed by atoms with Gasteiger partial charge >= 0.3 is 0 Å². The van der Waals surface area contributed by atoms with Crippen LogP contribution in [0.1, 0.15) is 19.3 Å². The number of fused-ring (bicyclic) bond motifs is 1. The first-order valence-corrected chi connectivity index (χ1v) is 6.53. The van der Waals surface area contributed by atoms with Crippen molar-refractivity contribution in [2.24, 2.45) is 0 Å². The predicted molar refractivity (Wildman–Crippen MR) is 74.9 cm³/mol. The number of alkyl halides is 1. The predicted octanol–water partition coefficient (Wildman–Crippen LogP) is 3.58. The summed E-state index contributed by atoms with van der Waals surface area (Å²) in [5.74, 6) is 0.636. The number of carbonyl (C=O) groups excluding carboxylic acids is 1. The number of halogens is 1. The molecule has 0 aliphatic carbocycles. The van der Waals surface area contributed by atoms with Crippen molar-refractivity contribution < 1.29 is 4.79 Å². The van der Waals surface area contributed by atoms with Crippen LogP contribution in [0.5, 0.6) is 0 Å². The Morgan fingerprint density at radius 2 is 2.17 bits per heavy atom. The smallest absolute Gasteiger partial charge is 0.224 e. The van der Waals surface area contributed by atoms with E-state index in [4.69, 9.17) is 11.6 Å². The second-order valence-corrected chi connectivity index (χ2v) is 4.47. The van der Waals surface area contributed by atoms with E-state index in [1.807, 2.05) is 24.3 Å². The fourth-order valence-electron chi connectivity index (χ4n) is 1.82. The SMILES string of the molecule is O=C(CCCCCl)Nc1cccc2cnccc12. The van der Waals surface area contributed by atoms with Crippen LogP contribution in [0.4, 0.5) is 5.69 Å². The number of nitrogens with one attached hydrogen (secondary N) is 1. The maximum atomic E-state index is 11.8. The molecule has 0 saturated heterocycles. The zero-order valence-electron chi connectivity index (χ0n) is 10.0. The number of aromatic nitrogens is 1. The summed E-state index contributed by atoms with van der Waals surface area (Å²) in [6.07, 6.45) is 5.72. The molecule has 0 saturated carbocycles. The lowest BCUT2D eigenvalue weighted by Crippen LogP contribution is -2.11. The number of benzene rings is 1. The Hall–Kier alpha value is -1.61. The maximum absolute atomic E-state index is 11.8. The van der Waals surface area contributed by atoms with E-state index in [0.717, 1.165) is 29.3 Å². The molecular weight excluding hydrogens is 248 g/mol. The third kappa shape index (κ3) is 3.20. The number of rotatable bonds is 5. The highest BCUT2D eigenvalue weighted by molar-refractivity contribution is 6.17. The minimum absolute atomic E-state index is 0.0319. The molecule has 0 unspecified atom stereocenters. The molecule has 1 heterocycles. The summed E-state index contributed by atoms with van der Waals surface area (Å²) in [5, 5.41) is 4.97. The molecule has 18 heavy (non-hydrogen) atoms. The highest BCUT2D eigenvalue weighted by Gasteiger charge is 2.05. The Morgan fingerprint density at radius 3 is 3.00 bits per heavy atom. The molecule has 0 aliphatic rings. The molecule has 0 aliphatic heterocycles. The molecule has 1 N–H and O–H groups in total. The quantitative estimate of drug-likeness (QED) is 0.661. The van der Waals surface area contributed by atoms with E-state index in [9.17, 15) is 4.79 Å². The fraction of sp³-hybridized carbons (Fsp3) is 0.286. The molecule has 0 atom stereocenters. The number of unbranched alkanes of at least 4 members (excludes halogenated alkanes) is 1. The van der Waals surface area contributed by atoms with Crippen molar-refractivity contribution in [1.82, 2.24) is 4.98 Å². The summed E-state index contributed by atoms with van der Waals surface area (Å²) in [6, 6.07) is 7.70. The van der Waals surface area contributed by atoms with Crippen molar-refractivity contribution in [1.29, 1.82) is 0 Å². The molecular formula is C14H15ClN2O. The summed E-state index contributed by atoms with van der Waals surface area (Å²) < 4.78 is 0. The van der Waals surface area contributed by atoms with Crippen molar-refractivity contribution in [3.05, 3.63) is 36.7 Å². The molecule has 4 heteroatoms. The van der Waals surface area contributed by atoms with Gasteiger partial charge in [0, 0.05) is 41.2 Å². The van der Waals surface area contributed by atoms with Crippen LogP contribution in [0, 0.1) is 0 Å². The van der Waals surface area contributed by atoms with Crippen LogP contribution in [0.15, 0.2) is 36.7 Å². The lowest BCUT2D eigenvalue weighted by Gasteiger charge is -2.08. The van der Waals surface area contributed by atoms with Gasteiger partial charge in [0.25, 0.3) is 0 Å². The maximum Gasteiger partial charge on any atom is 0.224 e. The van der Waals surface area contributed by atoms with E-state index in [0.29, 0.717) is 12.3 Å². The monoisotopic (exact) mass is 262 g/mol. The first kappa shape index (κ1) is 12.8. The molecule has 1 aromatic heterocycles. The Kier molecular flexibility index (Phi) is 4.53. The highest BCUT2D eigenvalue weighted by Crippen LogP contribution is 2.22. The number of carbonyl (C=O) groups is 1. The van der Waals surface area contributed by atoms with E-state index >= 15 is 0 Å². The van der Waals surface area contributed by atoms with Crippen LogP contribution in [0.25, 0.3) is 10.8 Å². The van der Waals surface area contributed by atoms with Crippen molar-refractivity contribution in [2.75, 3.05) is 11.2 Å². The van der Waals surface area contributed by atoms with Crippen LogP contribution < -0.4 is 5.32 Å². The van der Waals surface area contributed by atoms with Gasteiger partial charge in [-0.1, -0.05) is 12.1 Å². The molecule has 1 amide bonds. The topological polar surface area (TPSA) is 42.0 Å². The average Bonchev–Trinajstić information content (AvgIpc) is 2.39. The largest absolute Gasteiger partial charge is 0.326 e. The van der Waals surface area contributed by atoms with Crippen molar-refractivity contribution in [3.8, 4) is 0 Å². The molecule has 1 aromatic carbocycles. The molecule has 2 rings (SSSR count). The molecule has 0 bridgehead atoms. The van der Waals surface area contributed by atoms with Gasteiger partial charge in [-0.25, -0.2) is 0 Å². The van der Waals surface area contributed by atoms with Crippen LogP contribution >= 0.6 is 11.6 Å². The third-order valence-corrected chi connectivity index (χ3v) is 3.01. The third-order valence-electron chi connectivity index (χ3n) is 2.74. The minimum Gasteiger partial charge on any atom is -0.326 e. The lowest BCUT2D eigenvalue weighted by molar-refractivity contribution is -0.116. The van der Waals surface area contributed by atoms with Gasteiger partial charge in [-0.3, -0.25) is 9.78 Å². The highest BCUT2D eigenvalue weighted by atomic mass is 35.5. The Labute approximate surface area is 111 Å². The van der Waals surface area contributed by atoms with Crippen molar-refractivity contribution in [3.63, 3.8) is 0 Å². The average molecular weight is 263 g/mol. The van der Waals surface area contributed by atoms with Crippen molar-refractivity contribution >= 4 is 34.0 Å². The van der Waals surface area contributed by atoms with Gasteiger partial charge in [-0.05, 0) is 25.0 Å². The van der Waals surface area contributed by atoms with Gasteiger partial charge in [0.15, 0.2) is 0 Å². The minimum atomic E-state index is 0.0319. The zero-order valence-corrected chi connectivity index (χ0v) is 10.8. The molecule has 94 valence electrons. The summed E-state index contributed by atoms with van der Waals surface area (Å²) >= 11 is 5.58. The van der Waals surface area contributed by atoms with Gasteiger partial charge in [0.05, 0.1) is 0 Å². The Bertz CT molecular complexity index is 537. The zero-order chi connectivity index (χ0) is 12.8. The molecule has 0 spiro atoms. The standard InChI is InChI=1S/C14H15ClN2O/c15-8-2-1-6-14(18)17-13-5-3-4-11-10-16-9-7-12(11)13/h3-5,7,9-10H,1-2,6,8H2,(H,17,18). The van der Waals surface area contributed by atoms with Gasteiger partial charge in [-0.2, -0.15) is 0 Å². The number of hydrogen-bond donors (Lipinski definition) is 1. The molecule has 2 aromatic rings. The molecule has 0 fully saturated rings. The number of nitrogens with zero attached hydrogens (tertiary/aromatic N) is 1. The fourth-order valence-corrected chi connectivity index (χ4v) is 2.01. The van der Waals surface area contributed by atoms with E-state index in [-0.39, 0.29) is 5.91 Å². The van der Waals surface area contributed by atoms with E-state index in [1.165, 1.54) is 0 Å². The van der Waals surface area contributed by atoms with Gasteiger partial charge in [0.2, 0.25) is 5.91 Å². The Balaban J connectivity index is 2.09. The first-order valence-electron chi connectivity index (χ1n) is 6.00. The normalized spacial score (nSPS) is 10.5. The van der Waals surface area contributed by atoms with Crippen LogP contribution in [0.3, 0.4) is 0 Å². The lowest BCUT2D eigenvalue weighted by atomic mass is 10.1. The van der Waals surface area contributed by atoms with E-state index < -0.39 is 0 Å².